The number of carbonyl (C=O) groups is 1. The fourth-order valence-corrected chi connectivity index (χ4v) is 1.89. The van der Waals surface area contributed by atoms with Crippen LogP contribution in [0.15, 0.2) is 0 Å². The van der Waals surface area contributed by atoms with Crippen molar-refractivity contribution in [2.45, 2.75) is 38.0 Å². The van der Waals surface area contributed by atoms with Gasteiger partial charge in [0.1, 0.15) is 6.54 Å². The van der Waals surface area contributed by atoms with Crippen LogP contribution in [-0.4, -0.2) is 48.7 Å². The minimum Gasteiger partial charge on any atom is -0.346 e. The smallest absolute Gasteiger partial charge is 0.346 e. The highest BCUT2D eigenvalue weighted by atomic mass is 19.4. The van der Waals surface area contributed by atoms with E-state index in [1.165, 1.54) is 0 Å². The second-order valence-electron chi connectivity index (χ2n) is 4.41. The zero-order chi connectivity index (χ0) is 13.1. The molecule has 1 rings (SSSR count). The van der Waals surface area contributed by atoms with Crippen LogP contribution in [0.25, 0.3) is 0 Å². The van der Waals surface area contributed by atoms with Crippen LogP contribution in [0.4, 0.5) is 13.2 Å². The highest BCUT2D eigenvalue weighted by Gasteiger charge is 2.31. The van der Waals surface area contributed by atoms with E-state index in [1.54, 1.807) is 6.92 Å². The molecule has 0 bridgehead atoms. The van der Waals surface area contributed by atoms with Gasteiger partial charge in [-0.25, -0.2) is 0 Å². The molecule has 3 N–H and O–H groups in total. The molecule has 1 aliphatic heterocycles. The number of nitrogens with two attached hydrogens (primary N) is 1. The van der Waals surface area contributed by atoms with Crippen molar-refractivity contribution in [2.24, 2.45) is 5.73 Å². The molecule has 4 nitrogen and oxygen atoms in total. The number of piperidine rings is 1. The van der Waals surface area contributed by atoms with Crippen molar-refractivity contribution in [2.75, 3.05) is 19.6 Å². The van der Waals surface area contributed by atoms with Gasteiger partial charge in [0.15, 0.2) is 0 Å². The average Bonchev–Trinajstić information content (AvgIpc) is 2.24. The Labute approximate surface area is 98.3 Å². The summed E-state index contributed by atoms with van der Waals surface area (Å²) in [7, 11) is 0. The lowest BCUT2D eigenvalue weighted by Gasteiger charge is -2.34. The zero-order valence-corrected chi connectivity index (χ0v) is 9.76. The van der Waals surface area contributed by atoms with E-state index in [0.717, 1.165) is 12.8 Å². The minimum absolute atomic E-state index is 0.00150. The van der Waals surface area contributed by atoms with Gasteiger partial charge in [-0.1, -0.05) is 0 Å². The van der Waals surface area contributed by atoms with Crippen molar-refractivity contribution in [1.29, 1.82) is 0 Å². The molecule has 7 heteroatoms. The molecule has 1 aliphatic rings. The summed E-state index contributed by atoms with van der Waals surface area (Å²) in [6.45, 7) is 1.58. The van der Waals surface area contributed by atoms with Crippen LogP contribution < -0.4 is 11.1 Å². The Morgan fingerprint density at radius 1 is 1.59 bits per heavy atom. The van der Waals surface area contributed by atoms with Gasteiger partial charge in [0, 0.05) is 12.6 Å². The Morgan fingerprint density at radius 3 is 2.76 bits per heavy atom. The molecule has 0 aromatic carbocycles. The molecule has 0 aromatic rings. The van der Waals surface area contributed by atoms with E-state index in [2.05, 4.69) is 0 Å². The van der Waals surface area contributed by atoms with E-state index in [0.29, 0.717) is 13.1 Å². The third kappa shape index (κ3) is 4.91. The van der Waals surface area contributed by atoms with Crippen LogP contribution in [0.3, 0.4) is 0 Å². The molecule has 0 radical (unpaired) electrons. The molecule has 17 heavy (non-hydrogen) atoms. The first-order chi connectivity index (χ1) is 7.79. The summed E-state index contributed by atoms with van der Waals surface area (Å²) in [5, 5.41) is 1.89. The predicted octanol–water partition coefficient (Wildman–Crippen LogP) is 0.477. The Kier molecular flexibility index (Phi) is 4.76. The monoisotopic (exact) mass is 253 g/mol. The van der Waals surface area contributed by atoms with Crippen LogP contribution in [-0.2, 0) is 4.79 Å². The summed E-state index contributed by atoms with van der Waals surface area (Å²) in [6.07, 6.45) is -2.60. The van der Waals surface area contributed by atoms with Gasteiger partial charge in [-0.3, -0.25) is 9.69 Å². The topological polar surface area (TPSA) is 58.4 Å². The van der Waals surface area contributed by atoms with E-state index >= 15 is 0 Å². The summed E-state index contributed by atoms with van der Waals surface area (Å²) in [5.74, 6) is -0.601. The third-order valence-corrected chi connectivity index (χ3v) is 2.88. The minimum atomic E-state index is -4.37. The predicted molar refractivity (Wildman–Crippen MR) is 57.3 cm³/mol. The summed E-state index contributed by atoms with van der Waals surface area (Å²) < 4.78 is 35.8. The normalized spacial score (nSPS) is 24.4. The summed E-state index contributed by atoms with van der Waals surface area (Å²) in [6, 6.07) is -0.565. The van der Waals surface area contributed by atoms with Crippen molar-refractivity contribution in [3.8, 4) is 0 Å². The Balaban J connectivity index is 2.40. The standard InChI is InChI=1S/C10H18F3N3O/c1-7(9(17)15-6-10(11,12)13)16-4-2-3-8(14)5-16/h7-8H,2-6,14H2,1H3,(H,15,17)/t7?,8-/m1/s1. The highest BCUT2D eigenvalue weighted by molar-refractivity contribution is 5.81. The van der Waals surface area contributed by atoms with Crippen molar-refractivity contribution in [3.63, 3.8) is 0 Å². The van der Waals surface area contributed by atoms with E-state index in [1.807, 2.05) is 10.2 Å². The van der Waals surface area contributed by atoms with E-state index < -0.39 is 24.7 Å². The van der Waals surface area contributed by atoms with Gasteiger partial charge in [-0.2, -0.15) is 13.2 Å². The molecular weight excluding hydrogens is 235 g/mol. The number of hydrogen-bond donors (Lipinski definition) is 2. The molecule has 1 fully saturated rings. The number of likely N-dealkylation sites (tertiary alicyclic amines) is 1. The lowest BCUT2D eigenvalue weighted by Crippen LogP contribution is -2.53. The Bertz CT molecular complexity index is 270. The fourth-order valence-electron chi connectivity index (χ4n) is 1.89. The number of nitrogens with zero attached hydrogens (tertiary/aromatic N) is 1. The van der Waals surface area contributed by atoms with E-state index in [-0.39, 0.29) is 6.04 Å². The molecular formula is C10H18F3N3O. The SMILES string of the molecule is CC(C(=O)NCC(F)(F)F)N1CCC[C@@H](N)C1. The number of carbonyl (C=O) groups excluding carboxylic acids is 1. The molecule has 1 amide bonds. The number of nitrogens with one attached hydrogen (secondary N) is 1. The molecule has 1 unspecified atom stereocenters. The summed E-state index contributed by atoms with van der Waals surface area (Å²) in [4.78, 5) is 13.3. The summed E-state index contributed by atoms with van der Waals surface area (Å²) >= 11 is 0. The van der Waals surface area contributed by atoms with Gasteiger partial charge in [0.05, 0.1) is 6.04 Å². The van der Waals surface area contributed by atoms with Crippen LogP contribution in [0.1, 0.15) is 19.8 Å². The largest absolute Gasteiger partial charge is 0.405 e. The third-order valence-electron chi connectivity index (χ3n) is 2.88. The van der Waals surface area contributed by atoms with Gasteiger partial charge in [-0.15, -0.1) is 0 Å². The maximum atomic E-state index is 11.9. The quantitative estimate of drug-likeness (QED) is 0.769. The first-order valence-electron chi connectivity index (χ1n) is 5.63. The van der Waals surface area contributed by atoms with Crippen LogP contribution in [0.5, 0.6) is 0 Å². The number of hydrogen-bond acceptors (Lipinski definition) is 3. The zero-order valence-electron chi connectivity index (χ0n) is 9.76. The molecule has 0 aromatic heterocycles. The van der Waals surface area contributed by atoms with Crippen LogP contribution in [0.2, 0.25) is 0 Å². The molecule has 100 valence electrons. The average molecular weight is 253 g/mol. The van der Waals surface area contributed by atoms with Gasteiger partial charge >= 0.3 is 6.18 Å². The van der Waals surface area contributed by atoms with Crippen molar-refractivity contribution >= 4 is 5.91 Å². The lowest BCUT2D eigenvalue weighted by molar-refractivity contribution is -0.141. The molecule has 2 atom stereocenters. The van der Waals surface area contributed by atoms with Crippen molar-refractivity contribution in [1.82, 2.24) is 10.2 Å². The first-order valence-corrected chi connectivity index (χ1v) is 5.63. The second-order valence-corrected chi connectivity index (χ2v) is 4.41. The van der Waals surface area contributed by atoms with Crippen LogP contribution in [0, 0.1) is 0 Å². The van der Waals surface area contributed by atoms with E-state index in [9.17, 15) is 18.0 Å². The molecule has 1 saturated heterocycles. The maximum Gasteiger partial charge on any atom is 0.405 e. The first kappa shape index (κ1) is 14.2. The maximum absolute atomic E-state index is 11.9. The number of rotatable bonds is 3. The molecule has 0 spiro atoms. The van der Waals surface area contributed by atoms with Crippen molar-refractivity contribution < 1.29 is 18.0 Å². The van der Waals surface area contributed by atoms with Gasteiger partial charge in [-0.05, 0) is 26.3 Å². The number of amides is 1. The molecule has 0 aliphatic carbocycles. The Morgan fingerprint density at radius 2 is 2.24 bits per heavy atom. The van der Waals surface area contributed by atoms with Gasteiger partial charge in [0.2, 0.25) is 5.91 Å². The molecule has 0 saturated carbocycles. The van der Waals surface area contributed by atoms with Gasteiger partial charge < -0.3 is 11.1 Å². The molecule has 1 heterocycles. The number of halogens is 3. The van der Waals surface area contributed by atoms with E-state index in [4.69, 9.17) is 5.73 Å². The Hall–Kier alpha value is -0.820. The number of alkyl halides is 3. The van der Waals surface area contributed by atoms with Gasteiger partial charge in [0.25, 0.3) is 0 Å². The lowest BCUT2D eigenvalue weighted by atomic mass is 10.0. The highest BCUT2D eigenvalue weighted by Crippen LogP contribution is 2.14. The van der Waals surface area contributed by atoms with Crippen LogP contribution >= 0.6 is 0 Å². The van der Waals surface area contributed by atoms with Crippen molar-refractivity contribution in [3.05, 3.63) is 0 Å². The summed E-state index contributed by atoms with van der Waals surface area (Å²) in [5.41, 5.74) is 5.75. The second kappa shape index (κ2) is 5.68. The fraction of sp³-hybridized carbons (Fsp3) is 0.900.